The molecule has 0 bridgehead atoms. The van der Waals surface area contributed by atoms with Crippen molar-refractivity contribution >= 4 is 10.0 Å². The third-order valence-corrected chi connectivity index (χ3v) is 4.03. The van der Waals surface area contributed by atoms with E-state index in [2.05, 4.69) is 4.72 Å². The average molecular weight is 266 g/mol. The molecular weight excluding hydrogens is 240 g/mol. The molecule has 0 aromatic rings. The van der Waals surface area contributed by atoms with Crippen molar-refractivity contribution < 1.29 is 13.2 Å². The zero-order valence-electron chi connectivity index (χ0n) is 11.2. The molecule has 0 fully saturated rings. The van der Waals surface area contributed by atoms with Gasteiger partial charge < -0.3 is 10.5 Å². The molecule has 0 aromatic carbocycles. The maximum absolute atomic E-state index is 11.6. The van der Waals surface area contributed by atoms with Crippen LogP contribution >= 0.6 is 0 Å². The number of sulfonamides is 1. The molecule has 0 aliphatic heterocycles. The predicted octanol–water partition coefficient (Wildman–Crippen LogP) is 0.707. The van der Waals surface area contributed by atoms with Crippen LogP contribution in [0.1, 0.15) is 33.1 Å². The summed E-state index contributed by atoms with van der Waals surface area (Å²) in [6.07, 6.45) is 2.19. The van der Waals surface area contributed by atoms with Gasteiger partial charge in [-0.05, 0) is 31.2 Å². The summed E-state index contributed by atoms with van der Waals surface area (Å²) in [5.41, 5.74) is 5.24. The van der Waals surface area contributed by atoms with E-state index < -0.39 is 10.0 Å². The highest BCUT2D eigenvalue weighted by atomic mass is 32.2. The second-order valence-corrected chi connectivity index (χ2v) is 6.97. The van der Waals surface area contributed by atoms with E-state index in [0.717, 1.165) is 12.8 Å². The molecule has 0 radical (unpaired) electrons. The SMILES string of the molecule is COCCC(C)(C)CNS(=O)(=O)CCCCN. The van der Waals surface area contributed by atoms with Gasteiger partial charge in [0, 0.05) is 20.3 Å². The summed E-state index contributed by atoms with van der Waals surface area (Å²) in [7, 11) is -1.51. The smallest absolute Gasteiger partial charge is 0.211 e. The first-order valence-electron chi connectivity index (χ1n) is 5.99. The fourth-order valence-corrected chi connectivity index (χ4v) is 2.62. The normalized spacial score (nSPS) is 12.9. The first-order chi connectivity index (χ1) is 7.83. The van der Waals surface area contributed by atoms with Gasteiger partial charge in [-0.2, -0.15) is 0 Å². The topological polar surface area (TPSA) is 81.4 Å². The van der Waals surface area contributed by atoms with Gasteiger partial charge in [0.25, 0.3) is 0 Å². The van der Waals surface area contributed by atoms with Gasteiger partial charge in [-0.25, -0.2) is 13.1 Å². The van der Waals surface area contributed by atoms with Crippen molar-refractivity contribution in [1.82, 2.24) is 4.72 Å². The summed E-state index contributed by atoms with van der Waals surface area (Å²) in [5, 5.41) is 0. The Bertz CT molecular complexity index is 289. The van der Waals surface area contributed by atoms with Crippen molar-refractivity contribution in [3.05, 3.63) is 0 Å². The van der Waals surface area contributed by atoms with Gasteiger partial charge in [0.1, 0.15) is 0 Å². The maximum Gasteiger partial charge on any atom is 0.211 e. The van der Waals surface area contributed by atoms with Crippen molar-refractivity contribution in [3.63, 3.8) is 0 Å². The van der Waals surface area contributed by atoms with Crippen LogP contribution in [0, 0.1) is 5.41 Å². The third kappa shape index (κ3) is 9.52. The van der Waals surface area contributed by atoms with E-state index in [-0.39, 0.29) is 11.2 Å². The highest BCUT2D eigenvalue weighted by Crippen LogP contribution is 2.19. The van der Waals surface area contributed by atoms with Crippen molar-refractivity contribution in [2.24, 2.45) is 11.1 Å². The first-order valence-corrected chi connectivity index (χ1v) is 7.64. The lowest BCUT2D eigenvalue weighted by Crippen LogP contribution is -2.36. The zero-order valence-corrected chi connectivity index (χ0v) is 12.0. The largest absolute Gasteiger partial charge is 0.385 e. The Labute approximate surface area is 105 Å². The zero-order chi connectivity index (χ0) is 13.4. The Hall–Kier alpha value is -0.170. The molecule has 0 atom stereocenters. The molecule has 0 aromatic heterocycles. The summed E-state index contributed by atoms with van der Waals surface area (Å²) in [6.45, 7) is 5.67. The summed E-state index contributed by atoms with van der Waals surface area (Å²) in [5.74, 6) is 0.157. The van der Waals surface area contributed by atoms with Crippen LogP contribution in [0.4, 0.5) is 0 Å². The quantitative estimate of drug-likeness (QED) is 0.571. The van der Waals surface area contributed by atoms with Crippen molar-refractivity contribution in [2.75, 3.05) is 32.6 Å². The van der Waals surface area contributed by atoms with E-state index in [0.29, 0.717) is 26.1 Å². The van der Waals surface area contributed by atoms with Gasteiger partial charge in [0.2, 0.25) is 10.0 Å². The van der Waals surface area contributed by atoms with Gasteiger partial charge in [-0.3, -0.25) is 0 Å². The number of unbranched alkanes of at least 4 members (excludes halogenated alkanes) is 1. The molecule has 17 heavy (non-hydrogen) atoms. The van der Waals surface area contributed by atoms with Gasteiger partial charge in [0.05, 0.1) is 5.75 Å². The van der Waals surface area contributed by atoms with E-state index in [1.165, 1.54) is 0 Å². The lowest BCUT2D eigenvalue weighted by atomic mass is 9.90. The Balaban J connectivity index is 3.99. The van der Waals surface area contributed by atoms with Crippen LogP contribution in [0.3, 0.4) is 0 Å². The Kier molecular flexibility index (Phi) is 7.94. The van der Waals surface area contributed by atoms with Crippen LogP contribution in [0.15, 0.2) is 0 Å². The van der Waals surface area contributed by atoms with Gasteiger partial charge in [-0.1, -0.05) is 13.8 Å². The minimum absolute atomic E-state index is 0.0864. The molecular formula is C11H26N2O3S. The standard InChI is InChI=1S/C11H26N2O3S/c1-11(2,6-8-16-3)10-13-17(14,15)9-5-4-7-12/h13H,4-10,12H2,1-3H3. The Morgan fingerprint density at radius 3 is 2.47 bits per heavy atom. The van der Waals surface area contributed by atoms with Crippen LogP contribution in [0.2, 0.25) is 0 Å². The number of nitrogens with two attached hydrogens (primary N) is 1. The highest BCUT2D eigenvalue weighted by Gasteiger charge is 2.20. The minimum atomic E-state index is -3.16. The van der Waals surface area contributed by atoms with Crippen LogP contribution in [-0.4, -0.2) is 41.0 Å². The molecule has 0 heterocycles. The molecule has 0 aliphatic carbocycles. The van der Waals surface area contributed by atoms with Gasteiger partial charge >= 0.3 is 0 Å². The third-order valence-electron chi connectivity index (χ3n) is 2.62. The molecule has 6 heteroatoms. The summed E-state index contributed by atoms with van der Waals surface area (Å²) >= 11 is 0. The molecule has 0 unspecified atom stereocenters. The van der Waals surface area contributed by atoms with Crippen LogP contribution in [-0.2, 0) is 14.8 Å². The van der Waals surface area contributed by atoms with Crippen molar-refractivity contribution in [3.8, 4) is 0 Å². The first kappa shape index (κ1) is 16.8. The lowest BCUT2D eigenvalue weighted by Gasteiger charge is -2.24. The highest BCUT2D eigenvalue weighted by molar-refractivity contribution is 7.89. The van der Waals surface area contributed by atoms with E-state index in [1.807, 2.05) is 13.8 Å². The van der Waals surface area contributed by atoms with Crippen molar-refractivity contribution in [1.29, 1.82) is 0 Å². The number of nitrogens with one attached hydrogen (secondary N) is 1. The maximum atomic E-state index is 11.6. The molecule has 5 nitrogen and oxygen atoms in total. The number of hydrogen-bond acceptors (Lipinski definition) is 4. The molecule has 3 N–H and O–H groups in total. The minimum Gasteiger partial charge on any atom is -0.385 e. The second-order valence-electron chi connectivity index (χ2n) is 5.04. The number of hydrogen-bond donors (Lipinski definition) is 2. The Morgan fingerprint density at radius 2 is 1.94 bits per heavy atom. The second kappa shape index (κ2) is 8.02. The fourth-order valence-electron chi connectivity index (χ4n) is 1.28. The molecule has 0 rings (SSSR count). The molecule has 0 spiro atoms. The van der Waals surface area contributed by atoms with Gasteiger partial charge in [-0.15, -0.1) is 0 Å². The summed E-state index contributed by atoms with van der Waals surface area (Å²) in [4.78, 5) is 0. The Morgan fingerprint density at radius 1 is 1.29 bits per heavy atom. The van der Waals surface area contributed by atoms with Gasteiger partial charge in [0.15, 0.2) is 0 Å². The van der Waals surface area contributed by atoms with Crippen molar-refractivity contribution in [2.45, 2.75) is 33.1 Å². The lowest BCUT2D eigenvalue weighted by molar-refractivity contribution is 0.153. The molecule has 0 amide bonds. The van der Waals surface area contributed by atoms with E-state index >= 15 is 0 Å². The summed E-state index contributed by atoms with van der Waals surface area (Å²) in [6, 6.07) is 0. The predicted molar refractivity (Wildman–Crippen MR) is 70.4 cm³/mol. The number of methoxy groups -OCH3 is 1. The van der Waals surface area contributed by atoms with Crippen LogP contribution in [0.25, 0.3) is 0 Å². The van der Waals surface area contributed by atoms with E-state index in [4.69, 9.17) is 10.5 Å². The number of ether oxygens (including phenoxy) is 1. The fraction of sp³-hybridized carbons (Fsp3) is 1.00. The molecule has 0 aliphatic rings. The average Bonchev–Trinajstić information content (AvgIpc) is 2.25. The number of rotatable bonds is 10. The molecule has 104 valence electrons. The summed E-state index contributed by atoms with van der Waals surface area (Å²) < 4.78 is 30.9. The molecule has 0 saturated heterocycles. The van der Waals surface area contributed by atoms with Crippen LogP contribution < -0.4 is 10.5 Å². The molecule has 0 saturated carbocycles. The van der Waals surface area contributed by atoms with Crippen LogP contribution in [0.5, 0.6) is 0 Å². The monoisotopic (exact) mass is 266 g/mol. The van der Waals surface area contributed by atoms with E-state index in [9.17, 15) is 8.42 Å². The van der Waals surface area contributed by atoms with E-state index in [1.54, 1.807) is 7.11 Å².